The standard InChI is InChI=1S/C16H23N3O2/c1-12-11-17-8-10-19(12)9-7-16(21)18-15-5-3-14(4-6-15)13(2)20/h3-6,12,17H,7-11H2,1-2H3,(H,18,21)/t12-/m1/s1. The Morgan fingerprint density at radius 3 is 2.67 bits per heavy atom. The molecule has 2 rings (SSSR count). The van der Waals surface area contributed by atoms with E-state index in [1.807, 2.05) is 0 Å². The van der Waals surface area contributed by atoms with Crippen LogP contribution >= 0.6 is 0 Å². The number of hydrogen-bond donors (Lipinski definition) is 2. The van der Waals surface area contributed by atoms with Crippen molar-refractivity contribution in [1.29, 1.82) is 0 Å². The third kappa shape index (κ3) is 4.65. The highest BCUT2D eigenvalue weighted by atomic mass is 16.1. The van der Waals surface area contributed by atoms with Crippen LogP contribution in [-0.4, -0.2) is 48.8 Å². The summed E-state index contributed by atoms with van der Waals surface area (Å²) in [6.07, 6.45) is 0.485. The molecule has 21 heavy (non-hydrogen) atoms. The van der Waals surface area contributed by atoms with Gasteiger partial charge in [-0.05, 0) is 38.1 Å². The van der Waals surface area contributed by atoms with E-state index in [1.165, 1.54) is 6.92 Å². The highest BCUT2D eigenvalue weighted by Gasteiger charge is 2.18. The van der Waals surface area contributed by atoms with Gasteiger partial charge in [0.15, 0.2) is 5.78 Å². The first-order valence-corrected chi connectivity index (χ1v) is 7.42. The topological polar surface area (TPSA) is 61.4 Å². The van der Waals surface area contributed by atoms with E-state index in [4.69, 9.17) is 0 Å². The molecule has 2 N–H and O–H groups in total. The van der Waals surface area contributed by atoms with Gasteiger partial charge in [-0.25, -0.2) is 0 Å². The van der Waals surface area contributed by atoms with Crippen molar-refractivity contribution in [3.63, 3.8) is 0 Å². The number of amides is 1. The molecule has 1 aromatic carbocycles. The molecular formula is C16H23N3O2. The van der Waals surface area contributed by atoms with Crippen LogP contribution < -0.4 is 10.6 Å². The van der Waals surface area contributed by atoms with Crippen molar-refractivity contribution in [1.82, 2.24) is 10.2 Å². The molecule has 1 saturated heterocycles. The third-order valence-corrected chi connectivity index (χ3v) is 3.84. The van der Waals surface area contributed by atoms with E-state index >= 15 is 0 Å². The zero-order valence-electron chi connectivity index (χ0n) is 12.7. The molecule has 1 amide bonds. The van der Waals surface area contributed by atoms with Crippen LogP contribution in [0.3, 0.4) is 0 Å². The molecule has 0 aromatic heterocycles. The predicted molar refractivity (Wildman–Crippen MR) is 83.6 cm³/mol. The third-order valence-electron chi connectivity index (χ3n) is 3.84. The van der Waals surface area contributed by atoms with Gasteiger partial charge >= 0.3 is 0 Å². The molecule has 0 unspecified atom stereocenters. The zero-order valence-corrected chi connectivity index (χ0v) is 12.7. The van der Waals surface area contributed by atoms with Gasteiger partial charge in [-0.2, -0.15) is 0 Å². The Labute approximate surface area is 125 Å². The minimum absolute atomic E-state index is 0.0105. The molecule has 1 aromatic rings. The average molecular weight is 289 g/mol. The molecule has 1 aliphatic rings. The number of carbonyl (C=O) groups is 2. The minimum Gasteiger partial charge on any atom is -0.326 e. The van der Waals surface area contributed by atoms with Gasteiger partial charge in [0.25, 0.3) is 0 Å². The second-order valence-corrected chi connectivity index (χ2v) is 5.52. The Kier molecular flexibility index (Phi) is 5.47. The summed E-state index contributed by atoms with van der Waals surface area (Å²) in [6, 6.07) is 7.47. The Morgan fingerprint density at radius 1 is 1.33 bits per heavy atom. The number of nitrogens with one attached hydrogen (secondary N) is 2. The number of anilines is 1. The summed E-state index contributed by atoms with van der Waals surface area (Å²) in [5, 5.41) is 6.21. The number of nitrogens with zero attached hydrogens (tertiary/aromatic N) is 1. The Bertz CT molecular complexity index is 499. The van der Waals surface area contributed by atoms with E-state index in [0.717, 1.165) is 31.9 Å². The fraction of sp³-hybridized carbons (Fsp3) is 0.500. The van der Waals surface area contributed by atoms with Gasteiger partial charge in [0.1, 0.15) is 0 Å². The molecule has 5 nitrogen and oxygen atoms in total. The first-order chi connectivity index (χ1) is 10.1. The highest BCUT2D eigenvalue weighted by molar-refractivity contribution is 5.95. The number of Topliss-reactive ketones (excluding diaryl/α,β-unsaturated/α-hetero) is 1. The van der Waals surface area contributed by atoms with Crippen molar-refractivity contribution < 1.29 is 9.59 Å². The minimum atomic E-state index is 0.0105. The smallest absolute Gasteiger partial charge is 0.225 e. The van der Waals surface area contributed by atoms with Crippen molar-refractivity contribution in [2.75, 3.05) is 31.5 Å². The highest BCUT2D eigenvalue weighted by Crippen LogP contribution is 2.11. The van der Waals surface area contributed by atoms with Gasteiger partial charge in [0.05, 0.1) is 0 Å². The van der Waals surface area contributed by atoms with E-state index < -0.39 is 0 Å². The van der Waals surface area contributed by atoms with E-state index in [-0.39, 0.29) is 11.7 Å². The second-order valence-electron chi connectivity index (χ2n) is 5.52. The fourth-order valence-electron chi connectivity index (χ4n) is 2.47. The van der Waals surface area contributed by atoms with Gasteiger partial charge in [-0.3, -0.25) is 14.5 Å². The van der Waals surface area contributed by atoms with E-state index in [9.17, 15) is 9.59 Å². The summed E-state index contributed by atoms with van der Waals surface area (Å²) in [5.74, 6) is 0.0388. The van der Waals surface area contributed by atoms with Crippen LogP contribution in [0.15, 0.2) is 24.3 Å². The Morgan fingerprint density at radius 2 is 2.05 bits per heavy atom. The van der Waals surface area contributed by atoms with Crippen molar-refractivity contribution in [2.24, 2.45) is 0 Å². The number of piperazine rings is 1. The maximum Gasteiger partial charge on any atom is 0.225 e. The quantitative estimate of drug-likeness (QED) is 0.807. The maximum atomic E-state index is 12.0. The monoisotopic (exact) mass is 289 g/mol. The van der Waals surface area contributed by atoms with Crippen LogP contribution in [-0.2, 0) is 4.79 Å². The first kappa shape index (κ1) is 15.7. The average Bonchev–Trinajstić information content (AvgIpc) is 2.47. The number of carbonyl (C=O) groups excluding carboxylic acids is 2. The lowest BCUT2D eigenvalue weighted by molar-refractivity contribution is -0.116. The number of benzene rings is 1. The van der Waals surface area contributed by atoms with Gasteiger partial charge < -0.3 is 10.6 Å². The Hall–Kier alpha value is -1.72. The molecule has 0 radical (unpaired) electrons. The fourth-order valence-corrected chi connectivity index (χ4v) is 2.47. The number of ketones is 1. The summed E-state index contributed by atoms with van der Waals surface area (Å²) in [6.45, 7) is 7.43. The molecule has 0 bridgehead atoms. The van der Waals surface area contributed by atoms with Crippen LogP contribution in [0.2, 0.25) is 0 Å². The van der Waals surface area contributed by atoms with Gasteiger partial charge in [0.2, 0.25) is 5.91 Å². The number of hydrogen-bond acceptors (Lipinski definition) is 4. The molecule has 0 saturated carbocycles. The lowest BCUT2D eigenvalue weighted by Gasteiger charge is -2.33. The first-order valence-electron chi connectivity index (χ1n) is 7.42. The largest absolute Gasteiger partial charge is 0.326 e. The number of rotatable bonds is 5. The Balaban J connectivity index is 1.80. The van der Waals surface area contributed by atoms with Gasteiger partial charge in [-0.1, -0.05) is 0 Å². The molecule has 1 aliphatic heterocycles. The van der Waals surface area contributed by atoms with Crippen LogP contribution in [0.25, 0.3) is 0 Å². The van der Waals surface area contributed by atoms with E-state index in [1.54, 1.807) is 24.3 Å². The summed E-state index contributed by atoms with van der Waals surface area (Å²) in [7, 11) is 0. The normalized spacial score (nSPS) is 19.2. The van der Waals surface area contributed by atoms with Crippen molar-refractivity contribution in [3.05, 3.63) is 29.8 Å². The molecule has 1 heterocycles. The zero-order chi connectivity index (χ0) is 15.2. The van der Waals surface area contributed by atoms with Crippen molar-refractivity contribution in [2.45, 2.75) is 26.3 Å². The second kappa shape index (κ2) is 7.33. The molecular weight excluding hydrogens is 266 g/mol. The van der Waals surface area contributed by atoms with Crippen LogP contribution in [0, 0.1) is 0 Å². The van der Waals surface area contributed by atoms with Crippen molar-refractivity contribution >= 4 is 17.4 Å². The molecule has 5 heteroatoms. The SMILES string of the molecule is CC(=O)c1ccc(NC(=O)CCN2CCNC[C@H]2C)cc1. The van der Waals surface area contributed by atoms with E-state index in [2.05, 4.69) is 22.5 Å². The van der Waals surface area contributed by atoms with Gasteiger partial charge in [0, 0.05) is 49.9 Å². The van der Waals surface area contributed by atoms with Crippen LogP contribution in [0.1, 0.15) is 30.6 Å². The lowest BCUT2D eigenvalue weighted by atomic mass is 10.1. The molecule has 114 valence electrons. The summed E-state index contributed by atoms with van der Waals surface area (Å²) in [5.41, 5.74) is 1.39. The predicted octanol–water partition coefficient (Wildman–Crippen LogP) is 1.51. The summed E-state index contributed by atoms with van der Waals surface area (Å²) >= 11 is 0. The lowest BCUT2D eigenvalue weighted by Crippen LogP contribution is -2.50. The molecule has 1 atom stereocenters. The molecule has 0 aliphatic carbocycles. The van der Waals surface area contributed by atoms with E-state index in [0.29, 0.717) is 18.0 Å². The van der Waals surface area contributed by atoms with Gasteiger partial charge in [-0.15, -0.1) is 0 Å². The summed E-state index contributed by atoms with van der Waals surface area (Å²) in [4.78, 5) is 25.5. The van der Waals surface area contributed by atoms with Crippen molar-refractivity contribution in [3.8, 4) is 0 Å². The maximum absolute atomic E-state index is 12.0. The van der Waals surface area contributed by atoms with Crippen LogP contribution in [0.4, 0.5) is 5.69 Å². The molecule has 0 spiro atoms. The van der Waals surface area contributed by atoms with Crippen LogP contribution in [0.5, 0.6) is 0 Å². The summed E-state index contributed by atoms with van der Waals surface area (Å²) < 4.78 is 0. The molecule has 1 fully saturated rings.